The minimum atomic E-state index is -0.442. The Hall–Kier alpha value is -2.05. The van der Waals surface area contributed by atoms with E-state index in [1.807, 2.05) is 26.2 Å². The number of likely N-dealkylation sites (tertiary alicyclic amines) is 1. The zero-order chi connectivity index (χ0) is 19.8. The number of nitrogens with zero attached hydrogens (tertiary/aromatic N) is 2. The van der Waals surface area contributed by atoms with Crippen LogP contribution in [0, 0.1) is 5.41 Å². The second-order valence-electron chi connectivity index (χ2n) is 9.70. The van der Waals surface area contributed by atoms with Crippen molar-refractivity contribution in [1.29, 1.82) is 0 Å². The molecule has 0 aromatic heterocycles. The molecule has 0 bridgehead atoms. The molecule has 2 aliphatic rings. The van der Waals surface area contributed by atoms with E-state index < -0.39 is 5.60 Å². The summed E-state index contributed by atoms with van der Waals surface area (Å²) in [6.45, 7) is 14.8. The van der Waals surface area contributed by atoms with Crippen LogP contribution in [0.1, 0.15) is 58.6 Å². The zero-order valence-corrected chi connectivity index (χ0v) is 17.4. The molecular weight excluding hydrogens is 340 g/mol. The molecule has 2 aliphatic heterocycles. The van der Waals surface area contributed by atoms with E-state index in [0.717, 1.165) is 19.6 Å². The Bertz CT molecular complexity index is 707. The molecule has 0 atom stereocenters. The van der Waals surface area contributed by atoms with Gasteiger partial charge in [0.05, 0.1) is 0 Å². The fourth-order valence-electron chi connectivity index (χ4n) is 3.31. The van der Waals surface area contributed by atoms with Gasteiger partial charge in [-0.15, -0.1) is 0 Å². The maximum absolute atomic E-state index is 12.1. The van der Waals surface area contributed by atoms with Crippen LogP contribution in [0.15, 0.2) is 30.5 Å². The topological polar surface area (TPSA) is 61.4 Å². The van der Waals surface area contributed by atoms with Gasteiger partial charge in [0, 0.05) is 31.1 Å². The maximum atomic E-state index is 12.1. The van der Waals surface area contributed by atoms with Gasteiger partial charge in [0.25, 0.3) is 0 Å². The van der Waals surface area contributed by atoms with Crippen LogP contribution < -0.4 is 11.0 Å². The minimum Gasteiger partial charge on any atom is -0.444 e. The second kappa shape index (κ2) is 7.17. The van der Waals surface area contributed by atoms with Crippen LogP contribution in [0.2, 0.25) is 0 Å². The zero-order valence-electron chi connectivity index (χ0n) is 17.4. The Kier molecular flexibility index (Phi) is 5.23. The molecule has 3 N–H and O–H groups in total. The Labute approximate surface area is 162 Å². The molecule has 6 nitrogen and oxygen atoms in total. The summed E-state index contributed by atoms with van der Waals surface area (Å²) in [4.78, 5) is 13.8. The number of hydrogen-bond acceptors (Lipinski definition) is 4. The summed E-state index contributed by atoms with van der Waals surface area (Å²) in [5.41, 5.74) is 8.74. The Morgan fingerprint density at radius 2 is 1.78 bits per heavy atom. The molecule has 148 valence electrons. The molecule has 2 heterocycles. The van der Waals surface area contributed by atoms with Crippen molar-refractivity contribution in [3.8, 4) is 0 Å². The van der Waals surface area contributed by atoms with Gasteiger partial charge < -0.3 is 9.64 Å². The predicted molar refractivity (Wildman–Crippen MR) is 106 cm³/mol. The van der Waals surface area contributed by atoms with E-state index >= 15 is 0 Å². The third-order valence-corrected chi connectivity index (χ3v) is 4.61. The van der Waals surface area contributed by atoms with Crippen LogP contribution in [0.25, 0.3) is 5.70 Å². The minimum absolute atomic E-state index is 0.210. The van der Waals surface area contributed by atoms with E-state index in [-0.39, 0.29) is 11.5 Å². The van der Waals surface area contributed by atoms with Crippen LogP contribution in [-0.2, 0) is 4.74 Å². The molecule has 0 spiro atoms. The number of hydrogen-bond donors (Lipinski definition) is 2. The van der Waals surface area contributed by atoms with Gasteiger partial charge in [-0.05, 0) is 31.7 Å². The van der Waals surface area contributed by atoms with Gasteiger partial charge in [-0.3, -0.25) is 5.01 Å². The van der Waals surface area contributed by atoms with E-state index in [0.29, 0.717) is 5.92 Å². The normalized spacial score (nSPS) is 18.4. The quantitative estimate of drug-likeness (QED) is 0.800. The first-order chi connectivity index (χ1) is 12.5. The number of benzene rings is 1. The van der Waals surface area contributed by atoms with Crippen molar-refractivity contribution in [3.63, 3.8) is 0 Å². The van der Waals surface area contributed by atoms with Crippen molar-refractivity contribution < 1.29 is 15.0 Å². The molecule has 1 aromatic rings. The molecule has 3 rings (SSSR count). The molecule has 1 aromatic carbocycles. The van der Waals surface area contributed by atoms with Crippen LogP contribution in [0.5, 0.6) is 0 Å². The van der Waals surface area contributed by atoms with Gasteiger partial charge in [0.1, 0.15) is 17.5 Å². The molecule has 1 saturated heterocycles. The SMILES string of the molecule is CC(C)(C)CN1N[NH2+]C=C1c1ccc(C2CN(C(=O)OC(C)(C)C)C2)cc1. The Morgan fingerprint density at radius 1 is 1.15 bits per heavy atom. The third kappa shape index (κ3) is 5.02. The van der Waals surface area contributed by atoms with Gasteiger partial charge in [-0.25, -0.2) is 10.2 Å². The summed E-state index contributed by atoms with van der Waals surface area (Å²) in [7, 11) is 0. The molecule has 27 heavy (non-hydrogen) atoms. The highest BCUT2D eigenvalue weighted by atomic mass is 16.6. The summed E-state index contributed by atoms with van der Waals surface area (Å²) in [6, 6.07) is 8.71. The van der Waals surface area contributed by atoms with Crippen molar-refractivity contribution in [2.24, 2.45) is 5.41 Å². The second-order valence-corrected chi connectivity index (χ2v) is 9.70. The summed E-state index contributed by atoms with van der Waals surface area (Å²) in [5, 5.41) is 2.20. The van der Waals surface area contributed by atoms with Crippen molar-refractivity contribution in [2.75, 3.05) is 19.6 Å². The lowest BCUT2D eigenvalue weighted by Crippen LogP contribution is -2.87. The first-order valence-corrected chi connectivity index (χ1v) is 9.67. The lowest BCUT2D eigenvalue weighted by Gasteiger charge is -2.40. The number of nitrogens with one attached hydrogen (secondary N) is 1. The highest BCUT2D eigenvalue weighted by molar-refractivity contribution is 5.70. The van der Waals surface area contributed by atoms with Crippen molar-refractivity contribution in [2.45, 2.75) is 53.1 Å². The van der Waals surface area contributed by atoms with Gasteiger partial charge in [0.15, 0.2) is 0 Å². The summed E-state index contributed by atoms with van der Waals surface area (Å²) >= 11 is 0. The monoisotopic (exact) mass is 373 g/mol. The van der Waals surface area contributed by atoms with Gasteiger partial charge in [0.2, 0.25) is 0 Å². The van der Waals surface area contributed by atoms with Crippen LogP contribution in [0.3, 0.4) is 0 Å². The standard InChI is InChI=1S/C21H32N4O2/c1-20(2,3)14-25-18(11-22-23-25)16-9-7-15(8-10-16)17-12-24(13-17)19(26)27-21(4,5)6/h7-11,17,22-23H,12-14H2,1-6H3/p+1. The number of quaternary nitrogens is 1. The predicted octanol–water partition coefficient (Wildman–Crippen LogP) is 2.66. The summed E-state index contributed by atoms with van der Waals surface area (Å²) < 4.78 is 5.43. The van der Waals surface area contributed by atoms with Crippen LogP contribution in [0.4, 0.5) is 4.79 Å². The lowest BCUT2D eigenvalue weighted by atomic mass is 9.91. The molecule has 6 heteroatoms. The summed E-state index contributed by atoms with van der Waals surface area (Å²) in [5.74, 6) is 0.388. The average Bonchev–Trinajstić information content (AvgIpc) is 2.90. The molecule has 0 saturated carbocycles. The summed E-state index contributed by atoms with van der Waals surface area (Å²) in [6.07, 6.45) is 1.90. The number of carbonyl (C=O) groups excluding carboxylic acids is 1. The Balaban J connectivity index is 1.58. The van der Waals surface area contributed by atoms with Crippen molar-refractivity contribution >= 4 is 11.8 Å². The van der Waals surface area contributed by atoms with Crippen molar-refractivity contribution in [1.82, 2.24) is 15.4 Å². The van der Waals surface area contributed by atoms with E-state index in [1.54, 1.807) is 4.90 Å². The number of rotatable bonds is 3. The molecule has 0 aliphatic carbocycles. The number of hydrazine groups is 1. The highest BCUT2D eigenvalue weighted by Crippen LogP contribution is 2.30. The Morgan fingerprint density at radius 3 is 2.33 bits per heavy atom. The van der Waals surface area contributed by atoms with Gasteiger partial charge in [-0.1, -0.05) is 50.6 Å². The van der Waals surface area contributed by atoms with E-state index in [4.69, 9.17) is 4.74 Å². The number of ether oxygens (including phenoxy) is 1. The number of carbonyl (C=O) groups is 1. The van der Waals surface area contributed by atoms with Crippen LogP contribution in [-0.4, -0.2) is 41.2 Å². The van der Waals surface area contributed by atoms with Crippen molar-refractivity contribution in [3.05, 3.63) is 41.6 Å². The highest BCUT2D eigenvalue weighted by Gasteiger charge is 2.34. The van der Waals surface area contributed by atoms with E-state index in [2.05, 4.69) is 61.8 Å². The first kappa shape index (κ1) is 19.7. The molecule has 0 radical (unpaired) electrons. The first-order valence-electron chi connectivity index (χ1n) is 9.67. The van der Waals surface area contributed by atoms with E-state index in [9.17, 15) is 4.79 Å². The fraction of sp³-hybridized carbons (Fsp3) is 0.571. The molecule has 1 fully saturated rings. The van der Waals surface area contributed by atoms with Gasteiger partial charge >= 0.3 is 6.09 Å². The third-order valence-electron chi connectivity index (χ3n) is 4.61. The smallest absolute Gasteiger partial charge is 0.410 e. The number of amides is 1. The fourth-order valence-corrected chi connectivity index (χ4v) is 3.31. The molecule has 1 amide bonds. The molecular formula is C21H33N4O2+. The number of nitrogens with two attached hydrogens (primary N) is 1. The van der Waals surface area contributed by atoms with E-state index in [1.165, 1.54) is 16.8 Å². The largest absolute Gasteiger partial charge is 0.444 e. The maximum Gasteiger partial charge on any atom is 0.410 e. The lowest BCUT2D eigenvalue weighted by molar-refractivity contribution is -0.661. The van der Waals surface area contributed by atoms with Gasteiger partial charge in [-0.2, -0.15) is 0 Å². The van der Waals surface area contributed by atoms with Crippen LogP contribution >= 0.6 is 0 Å². The molecule has 0 unspecified atom stereocenters. The average molecular weight is 374 g/mol.